The van der Waals surface area contributed by atoms with E-state index in [4.69, 9.17) is 0 Å². The Morgan fingerprint density at radius 2 is 2.12 bits per heavy atom. The van der Waals surface area contributed by atoms with Crippen LogP contribution in [0.4, 0.5) is 10.2 Å². The van der Waals surface area contributed by atoms with E-state index in [1.807, 2.05) is 13.0 Å². The number of hydrogen-bond acceptors (Lipinski definition) is 4. The largest absolute Gasteiger partial charge is 0.314 e. The van der Waals surface area contributed by atoms with E-state index in [1.165, 1.54) is 12.1 Å². The molecule has 1 aromatic heterocycles. The maximum atomic E-state index is 13.1. The van der Waals surface area contributed by atoms with E-state index < -0.39 is 0 Å². The van der Waals surface area contributed by atoms with E-state index in [0.717, 1.165) is 25.3 Å². The lowest BCUT2D eigenvalue weighted by Crippen LogP contribution is -2.52. The molecule has 2 aromatic rings. The van der Waals surface area contributed by atoms with Crippen molar-refractivity contribution in [1.29, 1.82) is 0 Å². The fourth-order valence-electron chi connectivity index (χ4n) is 2.85. The van der Waals surface area contributed by atoms with E-state index in [-0.39, 0.29) is 24.1 Å². The van der Waals surface area contributed by atoms with Gasteiger partial charge in [0.2, 0.25) is 5.91 Å². The zero-order valence-electron chi connectivity index (χ0n) is 14.3. The predicted octanol–water partition coefficient (Wildman–Crippen LogP) is 1.97. The Bertz CT molecular complexity index is 718. The predicted molar refractivity (Wildman–Crippen MR) is 98.0 cm³/mol. The van der Waals surface area contributed by atoms with Crippen molar-refractivity contribution in [2.45, 2.75) is 19.9 Å². The number of carbonyl (C=O) groups excluding carboxylic acids is 1. The fraction of sp³-hybridized carbons (Fsp3) is 0.412. The minimum atomic E-state index is -0.305. The number of carbonyl (C=O) groups is 1. The molecule has 1 saturated heterocycles. The lowest BCUT2D eigenvalue weighted by molar-refractivity contribution is -0.118. The van der Waals surface area contributed by atoms with Gasteiger partial charge >= 0.3 is 0 Å². The van der Waals surface area contributed by atoms with Crippen molar-refractivity contribution >= 4 is 24.1 Å². The van der Waals surface area contributed by atoms with E-state index in [9.17, 15) is 9.18 Å². The first kappa shape index (κ1) is 19.4. The Kier molecular flexibility index (Phi) is 6.52. The van der Waals surface area contributed by atoms with E-state index in [2.05, 4.69) is 27.6 Å². The molecular weight excluding hydrogens is 345 g/mol. The van der Waals surface area contributed by atoms with Crippen molar-refractivity contribution in [3.8, 4) is 5.69 Å². The fourth-order valence-corrected chi connectivity index (χ4v) is 2.85. The van der Waals surface area contributed by atoms with Gasteiger partial charge in [0, 0.05) is 31.7 Å². The standard InChI is InChI=1S/C17H22FN5O.ClH/c1-12-9-16(23(21-12)15-5-3-14(18)4-6-15)20-17(24)11-22-8-7-19-10-13(22)2;/h3-6,9,13,19H,7-8,10-11H2,1-2H3,(H,20,24);1H/t13-;/m0./s1. The maximum Gasteiger partial charge on any atom is 0.239 e. The van der Waals surface area contributed by atoms with Crippen LogP contribution in [0.1, 0.15) is 12.6 Å². The summed E-state index contributed by atoms with van der Waals surface area (Å²) in [6.45, 7) is 6.94. The number of aryl methyl sites for hydroxylation is 1. The number of nitrogens with one attached hydrogen (secondary N) is 2. The van der Waals surface area contributed by atoms with Crippen molar-refractivity contribution in [2.75, 3.05) is 31.5 Å². The molecule has 0 bridgehead atoms. The lowest BCUT2D eigenvalue weighted by atomic mass is 10.2. The van der Waals surface area contributed by atoms with Crippen LogP contribution >= 0.6 is 12.4 Å². The van der Waals surface area contributed by atoms with Crippen LogP contribution in [0.2, 0.25) is 0 Å². The summed E-state index contributed by atoms with van der Waals surface area (Å²) in [6, 6.07) is 8.16. The van der Waals surface area contributed by atoms with Crippen molar-refractivity contribution in [3.05, 3.63) is 41.8 Å². The molecule has 0 radical (unpaired) electrons. The molecule has 1 aliphatic heterocycles. The number of rotatable bonds is 4. The molecule has 2 heterocycles. The summed E-state index contributed by atoms with van der Waals surface area (Å²) in [6.07, 6.45) is 0. The molecule has 0 unspecified atom stereocenters. The van der Waals surface area contributed by atoms with Crippen LogP contribution in [-0.4, -0.2) is 52.8 Å². The number of amides is 1. The van der Waals surface area contributed by atoms with Crippen LogP contribution in [-0.2, 0) is 4.79 Å². The Morgan fingerprint density at radius 1 is 1.40 bits per heavy atom. The molecule has 2 N–H and O–H groups in total. The van der Waals surface area contributed by atoms with Crippen molar-refractivity contribution in [3.63, 3.8) is 0 Å². The molecule has 25 heavy (non-hydrogen) atoms. The van der Waals surface area contributed by atoms with Crippen LogP contribution in [0.5, 0.6) is 0 Å². The van der Waals surface area contributed by atoms with Gasteiger partial charge in [-0.2, -0.15) is 5.10 Å². The Balaban J connectivity index is 0.00000225. The molecule has 1 amide bonds. The average molecular weight is 368 g/mol. The van der Waals surface area contributed by atoms with Crippen LogP contribution in [0, 0.1) is 12.7 Å². The summed E-state index contributed by atoms with van der Waals surface area (Å²) in [5, 5.41) is 10.6. The first-order chi connectivity index (χ1) is 11.5. The number of halogens is 2. The van der Waals surface area contributed by atoms with Crippen molar-refractivity contribution < 1.29 is 9.18 Å². The zero-order valence-corrected chi connectivity index (χ0v) is 15.1. The number of anilines is 1. The minimum absolute atomic E-state index is 0. The first-order valence-corrected chi connectivity index (χ1v) is 8.10. The van der Waals surface area contributed by atoms with Gasteiger partial charge in [0.15, 0.2) is 0 Å². The van der Waals surface area contributed by atoms with E-state index >= 15 is 0 Å². The number of hydrogen-bond donors (Lipinski definition) is 2. The molecule has 1 fully saturated rings. The molecule has 1 aromatic carbocycles. The highest BCUT2D eigenvalue weighted by molar-refractivity contribution is 5.91. The molecule has 3 rings (SSSR count). The molecule has 0 spiro atoms. The maximum absolute atomic E-state index is 13.1. The Morgan fingerprint density at radius 3 is 2.80 bits per heavy atom. The summed E-state index contributed by atoms with van der Waals surface area (Å²) in [4.78, 5) is 14.5. The van der Waals surface area contributed by atoms with Crippen LogP contribution in [0.3, 0.4) is 0 Å². The molecule has 6 nitrogen and oxygen atoms in total. The highest BCUT2D eigenvalue weighted by atomic mass is 35.5. The van der Waals surface area contributed by atoms with E-state index in [1.54, 1.807) is 16.8 Å². The first-order valence-electron chi connectivity index (χ1n) is 8.10. The third-order valence-corrected chi connectivity index (χ3v) is 4.16. The number of benzene rings is 1. The summed E-state index contributed by atoms with van der Waals surface area (Å²) < 4.78 is 14.7. The monoisotopic (exact) mass is 367 g/mol. The van der Waals surface area contributed by atoms with Gasteiger partial charge in [-0.1, -0.05) is 0 Å². The molecule has 1 aliphatic rings. The van der Waals surface area contributed by atoms with Gasteiger partial charge in [0.1, 0.15) is 11.6 Å². The molecule has 0 saturated carbocycles. The SMILES string of the molecule is Cc1cc(NC(=O)CN2CCNC[C@@H]2C)n(-c2ccc(F)cc2)n1.Cl. The summed E-state index contributed by atoms with van der Waals surface area (Å²) in [5.74, 6) is 0.208. The summed E-state index contributed by atoms with van der Waals surface area (Å²) >= 11 is 0. The van der Waals surface area contributed by atoms with Gasteiger partial charge in [-0.25, -0.2) is 9.07 Å². The highest BCUT2D eigenvalue weighted by Gasteiger charge is 2.21. The van der Waals surface area contributed by atoms with Gasteiger partial charge < -0.3 is 10.6 Å². The molecule has 136 valence electrons. The van der Waals surface area contributed by atoms with E-state index in [0.29, 0.717) is 24.1 Å². The quantitative estimate of drug-likeness (QED) is 0.867. The molecule has 1 atom stereocenters. The second kappa shape index (κ2) is 8.42. The third kappa shape index (κ3) is 4.78. The van der Waals surface area contributed by atoms with Crippen molar-refractivity contribution in [2.24, 2.45) is 0 Å². The third-order valence-electron chi connectivity index (χ3n) is 4.16. The lowest BCUT2D eigenvalue weighted by Gasteiger charge is -2.33. The topological polar surface area (TPSA) is 62.2 Å². The molecule has 8 heteroatoms. The zero-order chi connectivity index (χ0) is 17.1. The van der Waals surface area contributed by atoms with Gasteiger partial charge in [-0.05, 0) is 38.1 Å². The van der Waals surface area contributed by atoms with Crippen LogP contribution < -0.4 is 10.6 Å². The second-order valence-electron chi connectivity index (χ2n) is 6.13. The second-order valence-corrected chi connectivity index (χ2v) is 6.13. The minimum Gasteiger partial charge on any atom is -0.314 e. The van der Waals surface area contributed by atoms with Crippen molar-refractivity contribution in [1.82, 2.24) is 20.0 Å². The summed E-state index contributed by atoms with van der Waals surface area (Å²) in [7, 11) is 0. The average Bonchev–Trinajstić information content (AvgIpc) is 2.90. The molecular formula is C17H23ClFN5O. The van der Waals surface area contributed by atoms with Crippen LogP contribution in [0.15, 0.2) is 30.3 Å². The van der Waals surface area contributed by atoms with Gasteiger partial charge in [0.05, 0.1) is 17.9 Å². The normalized spacial score (nSPS) is 17.8. The van der Waals surface area contributed by atoms with Gasteiger partial charge in [-0.3, -0.25) is 9.69 Å². The Hall–Kier alpha value is -1.96. The molecule has 0 aliphatic carbocycles. The number of piperazine rings is 1. The smallest absolute Gasteiger partial charge is 0.239 e. The van der Waals surface area contributed by atoms with Gasteiger partial charge in [0.25, 0.3) is 0 Å². The highest BCUT2D eigenvalue weighted by Crippen LogP contribution is 2.17. The van der Waals surface area contributed by atoms with Gasteiger partial charge in [-0.15, -0.1) is 12.4 Å². The number of nitrogens with zero attached hydrogens (tertiary/aromatic N) is 3. The Labute approximate surface area is 152 Å². The summed E-state index contributed by atoms with van der Waals surface area (Å²) in [5.41, 5.74) is 1.49. The number of aromatic nitrogens is 2. The van der Waals surface area contributed by atoms with Crippen LogP contribution in [0.25, 0.3) is 5.69 Å².